The zero-order chi connectivity index (χ0) is 24.0. The maximum atomic E-state index is 12.0. The van der Waals surface area contributed by atoms with Crippen LogP contribution in [0, 0.1) is 0 Å². The zero-order valence-corrected chi connectivity index (χ0v) is 17.4. The number of carbonyl (C=O) groups is 1. The predicted molar refractivity (Wildman–Crippen MR) is 103 cm³/mol. The van der Waals surface area contributed by atoms with Crippen LogP contribution in [0.5, 0.6) is 0 Å². The van der Waals surface area contributed by atoms with Crippen molar-refractivity contribution in [1.82, 2.24) is 0 Å². The molecular weight excluding hydrogens is 436 g/mol. The quantitative estimate of drug-likeness (QED) is 0.107. The normalized spacial score (nSPS) is 41.3. The summed E-state index contributed by atoms with van der Waals surface area (Å²) in [6, 6.07) is -0.919. The Bertz CT molecular complexity index is 584. The van der Waals surface area contributed by atoms with Gasteiger partial charge < -0.3 is 66.2 Å². The second-order valence-corrected chi connectivity index (χ2v) is 7.87. The molecule has 14 nitrogen and oxygen atoms in total. The van der Waals surface area contributed by atoms with Gasteiger partial charge in [-0.1, -0.05) is 6.42 Å². The first-order chi connectivity index (χ1) is 15.1. The number of hydrogen-bond donors (Lipinski definition) is 9. The number of rotatable bonds is 10. The van der Waals surface area contributed by atoms with E-state index in [2.05, 4.69) is 0 Å². The van der Waals surface area contributed by atoms with Crippen molar-refractivity contribution >= 4 is 5.97 Å². The SMILES string of the molecule is NCCCC[C@H](N)C(=O)OC[C@H]1O[C@@H](O[C@H]2[C@H](O)[C@@H](O)[C@H](O)O[C@@H]2CO)[C@H](O)[C@@H](O)[C@@H]1O. The highest BCUT2D eigenvalue weighted by Crippen LogP contribution is 2.28. The number of carbonyl (C=O) groups excluding carboxylic acids is 1. The van der Waals surface area contributed by atoms with Crippen LogP contribution in [0.3, 0.4) is 0 Å². The topological polar surface area (TPSA) is 248 Å². The van der Waals surface area contributed by atoms with Crippen LogP contribution in [0.1, 0.15) is 19.3 Å². The first-order valence-electron chi connectivity index (χ1n) is 10.4. The molecular formula is C18H34N2O12. The van der Waals surface area contributed by atoms with Crippen molar-refractivity contribution < 1.29 is 59.5 Å². The third-order valence-electron chi connectivity index (χ3n) is 5.46. The van der Waals surface area contributed by atoms with E-state index in [1.807, 2.05) is 0 Å². The second kappa shape index (κ2) is 12.5. The van der Waals surface area contributed by atoms with E-state index in [4.69, 9.17) is 30.4 Å². The minimum Gasteiger partial charge on any atom is -0.462 e. The smallest absolute Gasteiger partial charge is 0.323 e. The molecule has 32 heavy (non-hydrogen) atoms. The number of aliphatic hydroxyl groups excluding tert-OH is 7. The molecule has 2 rings (SSSR count). The van der Waals surface area contributed by atoms with Crippen molar-refractivity contribution in [1.29, 1.82) is 0 Å². The average molecular weight is 470 g/mol. The average Bonchev–Trinajstić information content (AvgIpc) is 2.78. The third kappa shape index (κ3) is 6.53. The van der Waals surface area contributed by atoms with E-state index in [1.165, 1.54) is 0 Å². The summed E-state index contributed by atoms with van der Waals surface area (Å²) >= 11 is 0. The Morgan fingerprint density at radius 2 is 1.59 bits per heavy atom. The van der Waals surface area contributed by atoms with E-state index in [-0.39, 0.29) is 0 Å². The molecule has 0 bridgehead atoms. The Labute approximate surface area is 184 Å². The molecule has 0 spiro atoms. The lowest BCUT2D eigenvalue weighted by molar-refractivity contribution is -0.355. The Morgan fingerprint density at radius 1 is 0.906 bits per heavy atom. The van der Waals surface area contributed by atoms with Gasteiger partial charge in [-0.15, -0.1) is 0 Å². The number of hydrogen-bond acceptors (Lipinski definition) is 14. The third-order valence-corrected chi connectivity index (χ3v) is 5.46. The van der Waals surface area contributed by atoms with Crippen LogP contribution in [-0.2, 0) is 23.7 Å². The fraction of sp³-hybridized carbons (Fsp3) is 0.944. The van der Waals surface area contributed by atoms with Crippen LogP contribution in [0.15, 0.2) is 0 Å². The Balaban J connectivity index is 1.99. The van der Waals surface area contributed by atoms with Crippen LogP contribution < -0.4 is 11.5 Å². The van der Waals surface area contributed by atoms with Crippen LogP contribution >= 0.6 is 0 Å². The summed E-state index contributed by atoms with van der Waals surface area (Å²) in [5.41, 5.74) is 11.1. The standard InChI is InChI=1S/C18H34N2O12/c19-4-2-1-3-7(20)16(27)29-6-9-10(22)11(23)14(26)18(31-9)32-15-8(5-21)30-17(28)13(25)12(15)24/h7-15,17-18,21-26,28H,1-6,19-20H2/t7-,8+,9+,10+,11-,12+,13+,14+,15+,17+,18-/m0/s1. The lowest BCUT2D eigenvalue weighted by atomic mass is 9.97. The highest BCUT2D eigenvalue weighted by atomic mass is 16.7. The summed E-state index contributed by atoms with van der Waals surface area (Å²) in [4.78, 5) is 12.0. The van der Waals surface area contributed by atoms with Gasteiger partial charge in [0.15, 0.2) is 12.6 Å². The molecule has 0 radical (unpaired) electrons. The maximum absolute atomic E-state index is 12.0. The van der Waals surface area contributed by atoms with E-state index in [9.17, 15) is 40.5 Å². The molecule has 188 valence electrons. The molecule has 11 N–H and O–H groups in total. The van der Waals surface area contributed by atoms with Crippen molar-refractivity contribution in [3.63, 3.8) is 0 Å². The molecule has 2 aliphatic rings. The van der Waals surface area contributed by atoms with Crippen molar-refractivity contribution in [3.8, 4) is 0 Å². The van der Waals surface area contributed by atoms with Gasteiger partial charge in [0, 0.05) is 0 Å². The van der Waals surface area contributed by atoms with Crippen LogP contribution in [0.2, 0.25) is 0 Å². The van der Waals surface area contributed by atoms with Gasteiger partial charge in [-0.25, -0.2) is 0 Å². The summed E-state index contributed by atoms with van der Waals surface area (Å²) in [6.07, 6.45) is -14.7. The number of nitrogens with two attached hydrogens (primary N) is 2. The molecule has 0 aromatic carbocycles. The molecule has 2 aliphatic heterocycles. The van der Waals surface area contributed by atoms with E-state index in [0.717, 1.165) is 0 Å². The van der Waals surface area contributed by atoms with Gasteiger partial charge >= 0.3 is 5.97 Å². The first kappa shape index (κ1) is 27.2. The molecule has 0 saturated carbocycles. The Kier molecular flexibility index (Phi) is 10.6. The molecule has 11 atom stereocenters. The van der Waals surface area contributed by atoms with Crippen LogP contribution in [0.4, 0.5) is 0 Å². The summed E-state index contributed by atoms with van der Waals surface area (Å²) < 4.78 is 20.8. The molecule has 0 aromatic rings. The minimum atomic E-state index is -1.80. The largest absolute Gasteiger partial charge is 0.462 e. The van der Waals surface area contributed by atoms with Gasteiger partial charge in [-0.05, 0) is 19.4 Å². The summed E-state index contributed by atoms with van der Waals surface area (Å²) in [5.74, 6) is -0.760. The van der Waals surface area contributed by atoms with Crippen molar-refractivity contribution in [2.24, 2.45) is 11.5 Å². The summed E-state index contributed by atoms with van der Waals surface area (Å²) in [7, 11) is 0. The molecule has 0 unspecified atom stereocenters. The lowest BCUT2D eigenvalue weighted by Crippen LogP contribution is -2.64. The predicted octanol–water partition coefficient (Wildman–Crippen LogP) is -5.39. The van der Waals surface area contributed by atoms with Gasteiger partial charge in [0.2, 0.25) is 0 Å². The molecule has 2 fully saturated rings. The van der Waals surface area contributed by atoms with Crippen molar-refractivity contribution in [2.75, 3.05) is 19.8 Å². The van der Waals surface area contributed by atoms with Crippen LogP contribution in [-0.4, -0.2) is 129 Å². The highest BCUT2D eigenvalue weighted by Gasteiger charge is 2.50. The molecule has 0 amide bonds. The highest BCUT2D eigenvalue weighted by molar-refractivity contribution is 5.75. The van der Waals surface area contributed by atoms with Crippen molar-refractivity contribution in [3.05, 3.63) is 0 Å². The van der Waals surface area contributed by atoms with Gasteiger partial charge in [0.05, 0.1) is 6.61 Å². The number of ether oxygens (including phenoxy) is 4. The minimum absolute atomic E-state index is 0.341. The molecule has 0 aliphatic carbocycles. The van der Waals surface area contributed by atoms with Crippen molar-refractivity contribution in [2.45, 2.75) is 86.7 Å². The van der Waals surface area contributed by atoms with E-state index in [0.29, 0.717) is 25.8 Å². The van der Waals surface area contributed by atoms with Crippen LogP contribution in [0.25, 0.3) is 0 Å². The number of aliphatic hydroxyl groups is 7. The molecule has 0 aromatic heterocycles. The first-order valence-corrected chi connectivity index (χ1v) is 10.4. The number of unbranched alkanes of at least 4 members (excludes halogenated alkanes) is 1. The van der Waals surface area contributed by atoms with Gasteiger partial charge in [0.1, 0.15) is 61.5 Å². The van der Waals surface area contributed by atoms with E-state index >= 15 is 0 Å². The zero-order valence-electron chi connectivity index (χ0n) is 17.4. The summed E-state index contributed by atoms with van der Waals surface area (Å²) in [6.45, 7) is -0.787. The van der Waals surface area contributed by atoms with E-state index in [1.54, 1.807) is 0 Å². The van der Waals surface area contributed by atoms with Gasteiger partial charge in [0.25, 0.3) is 0 Å². The maximum Gasteiger partial charge on any atom is 0.323 e. The summed E-state index contributed by atoms with van der Waals surface area (Å²) in [5, 5.41) is 69.5. The monoisotopic (exact) mass is 470 g/mol. The number of esters is 1. The lowest BCUT2D eigenvalue weighted by Gasteiger charge is -2.45. The Hall–Kier alpha value is -1.01. The fourth-order valence-corrected chi connectivity index (χ4v) is 3.45. The second-order valence-electron chi connectivity index (χ2n) is 7.87. The van der Waals surface area contributed by atoms with Gasteiger partial charge in [-0.3, -0.25) is 4.79 Å². The Morgan fingerprint density at radius 3 is 2.22 bits per heavy atom. The van der Waals surface area contributed by atoms with E-state index < -0.39 is 86.6 Å². The van der Waals surface area contributed by atoms with Gasteiger partial charge in [-0.2, -0.15) is 0 Å². The fourth-order valence-electron chi connectivity index (χ4n) is 3.45. The molecule has 14 heteroatoms. The molecule has 2 saturated heterocycles. The molecule has 2 heterocycles.